The zero-order valence-corrected chi connectivity index (χ0v) is 13.8. The topological polar surface area (TPSA) is 54.5 Å². The molecule has 1 aromatic heterocycles. The Morgan fingerprint density at radius 2 is 1.96 bits per heavy atom. The summed E-state index contributed by atoms with van der Waals surface area (Å²) < 4.78 is 5.93. The van der Waals surface area contributed by atoms with Crippen LogP contribution in [0.15, 0.2) is 48.7 Å². The van der Waals surface area contributed by atoms with E-state index in [1.807, 2.05) is 36.4 Å². The number of hydrogen-bond donors (Lipinski definition) is 1. The summed E-state index contributed by atoms with van der Waals surface area (Å²) in [5, 5.41) is 3.25. The van der Waals surface area contributed by atoms with Crippen LogP contribution >= 0.6 is 0 Å². The molecular weight excluding hydrogens is 290 g/mol. The van der Waals surface area contributed by atoms with Crippen LogP contribution in [0, 0.1) is 0 Å². The number of pyridine rings is 1. The van der Waals surface area contributed by atoms with Crippen LogP contribution in [0.4, 0.5) is 5.82 Å². The van der Waals surface area contributed by atoms with E-state index in [1.165, 1.54) is 4.90 Å². The molecule has 0 aliphatic heterocycles. The van der Waals surface area contributed by atoms with Gasteiger partial charge in [-0.2, -0.15) is 0 Å². The molecule has 0 bridgehead atoms. The van der Waals surface area contributed by atoms with E-state index in [2.05, 4.69) is 17.2 Å². The van der Waals surface area contributed by atoms with Crippen LogP contribution in [0.3, 0.4) is 0 Å². The van der Waals surface area contributed by atoms with Crippen LogP contribution in [0.25, 0.3) is 0 Å². The largest absolute Gasteiger partial charge is 0.489 e. The number of rotatable bonds is 7. The second-order valence-corrected chi connectivity index (χ2v) is 5.47. The molecule has 0 spiro atoms. The number of hydrogen-bond acceptors (Lipinski definition) is 4. The van der Waals surface area contributed by atoms with Gasteiger partial charge in [-0.1, -0.05) is 25.1 Å². The van der Waals surface area contributed by atoms with Gasteiger partial charge in [0.2, 0.25) is 0 Å². The number of para-hydroxylation sites is 1. The summed E-state index contributed by atoms with van der Waals surface area (Å²) in [7, 11) is 3.45. The lowest BCUT2D eigenvalue weighted by Crippen LogP contribution is -2.26. The normalized spacial score (nSPS) is 11.6. The Morgan fingerprint density at radius 1 is 1.22 bits per heavy atom. The fourth-order valence-corrected chi connectivity index (χ4v) is 2.06. The van der Waals surface area contributed by atoms with Gasteiger partial charge in [-0.25, -0.2) is 4.98 Å². The number of amides is 1. The molecule has 1 heterocycles. The number of aromatic nitrogens is 1. The van der Waals surface area contributed by atoms with Crippen molar-refractivity contribution in [1.29, 1.82) is 0 Å². The van der Waals surface area contributed by atoms with Crippen molar-refractivity contribution >= 4 is 11.7 Å². The predicted molar refractivity (Wildman–Crippen MR) is 91.9 cm³/mol. The molecule has 0 unspecified atom stereocenters. The zero-order valence-electron chi connectivity index (χ0n) is 13.8. The van der Waals surface area contributed by atoms with E-state index >= 15 is 0 Å². The highest BCUT2D eigenvalue weighted by molar-refractivity contribution is 5.93. The highest BCUT2D eigenvalue weighted by Gasteiger charge is 2.10. The Hall–Kier alpha value is -2.56. The summed E-state index contributed by atoms with van der Waals surface area (Å²) in [6, 6.07) is 13.4. The van der Waals surface area contributed by atoms with Crippen molar-refractivity contribution in [3.63, 3.8) is 0 Å². The highest BCUT2D eigenvalue weighted by atomic mass is 16.5. The molecule has 122 valence electrons. The van der Waals surface area contributed by atoms with Crippen molar-refractivity contribution in [3.05, 3.63) is 54.2 Å². The molecule has 0 saturated heterocycles. The molecule has 1 aromatic carbocycles. The minimum Gasteiger partial charge on any atom is -0.489 e. The van der Waals surface area contributed by atoms with Gasteiger partial charge in [-0.3, -0.25) is 4.79 Å². The molecule has 1 amide bonds. The molecule has 0 radical (unpaired) electrons. The van der Waals surface area contributed by atoms with E-state index in [9.17, 15) is 4.79 Å². The number of carbonyl (C=O) groups is 1. The number of ether oxygens (including phenoxy) is 1. The Morgan fingerprint density at radius 3 is 2.52 bits per heavy atom. The van der Waals surface area contributed by atoms with Gasteiger partial charge < -0.3 is 15.0 Å². The van der Waals surface area contributed by atoms with Crippen molar-refractivity contribution in [1.82, 2.24) is 9.88 Å². The highest BCUT2D eigenvalue weighted by Crippen LogP contribution is 2.13. The number of benzene rings is 1. The Labute approximate surface area is 137 Å². The first-order valence-electron chi connectivity index (χ1n) is 7.73. The second kappa shape index (κ2) is 8.17. The maximum Gasteiger partial charge on any atom is 0.254 e. The lowest BCUT2D eigenvalue weighted by atomic mass is 10.2. The fraction of sp³-hybridized carbons (Fsp3) is 0.333. The van der Waals surface area contributed by atoms with Crippen molar-refractivity contribution in [2.24, 2.45) is 0 Å². The van der Waals surface area contributed by atoms with E-state index in [-0.39, 0.29) is 12.0 Å². The van der Waals surface area contributed by atoms with Crippen LogP contribution in [0.2, 0.25) is 0 Å². The van der Waals surface area contributed by atoms with E-state index in [4.69, 9.17) is 4.74 Å². The zero-order chi connectivity index (χ0) is 16.7. The molecule has 0 saturated carbocycles. The van der Waals surface area contributed by atoms with Gasteiger partial charge in [0.15, 0.2) is 0 Å². The van der Waals surface area contributed by atoms with Crippen molar-refractivity contribution in [2.75, 3.05) is 26.0 Å². The van der Waals surface area contributed by atoms with Crippen LogP contribution < -0.4 is 10.1 Å². The van der Waals surface area contributed by atoms with E-state index < -0.39 is 0 Å². The smallest absolute Gasteiger partial charge is 0.254 e. The molecule has 2 aromatic rings. The molecule has 5 nitrogen and oxygen atoms in total. The molecule has 23 heavy (non-hydrogen) atoms. The van der Waals surface area contributed by atoms with Gasteiger partial charge in [-0.05, 0) is 30.7 Å². The van der Waals surface area contributed by atoms with Crippen molar-refractivity contribution in [3.8, 4) is 5.75 Å². The van der Waals surface area contributed by atoms with Gasteiger partial charge in [0.1, 0.15) is 17.7 Å². The molecule has 0 aliphatic rings. The van der Waals surface area contributed by atoms with Crippen molar-refractivity contribution < 1.29 is 9.53 Å². The van der Waals surface area contributed by atoms with Gasteiger partial charge in [0.05, 0.1) is 12.1 Å². The summed E-state index contributed by atoms with van der Waals surface area (Å²) in [6.45, 7) is 2.74. The molecular formula is C18H23N3O2. The lowest BCUT2D eigenvalue weighted by molar-refractivity contribution is 0.0827. The third kappa shape index (κ3) is 4.98. The minimum atomic E-state index is -0.0529. The molecule has 1 N–H and O–H groups in total. The molecule has 5 heteroatoms. The quantitative estimate of drug-likeness (QED) is 0.853. The third-order valence-electron chi connectivity index (χ3n) is 3.43. The summed E-state index contributed by atoms with van der Waals surface area (Å²) in [6.07, 6.45) is 2.53. The first-order valence-corrected chi connectivity index (χ1v) is 7.73. The minimum absolute atomic E-state index is 0.0529. The maximum atomic E-state index is 11.8. The molecule has 2 rings (SSSR count). The number of carbonyl (C=O) groups excluding carboxylic acids is 1. The molecule has 1 atom stereocenters. The number of nitrogens with zero attached hydrogens (tertiary/aromatic N) is 2. The fourth-order valence-electron chi connectivity index (χ4n) is 2.06. The first kappa shape index (κ1) is 16.8. The van der Waals surface area contributed by atoms with Crippen molar-refractivity contribution in [2.45, 2.75) is 19.4 Å². The van der Waals surface area contributed by atoms with E-state index in [1.54, 1.807) is 26.4 Å². The average molecular weight is 313 g/mol. The lowest BCUT2D eigenvalue weighted by Gasteiger charge is -2.18. The standard InChI is InChI=1S/C18H23N3O2/c1-4-15(23-16-8-6-5-7-9-16)13-20-17-11-10-14(12-19-17)18(22)21(2)3/h5-12,15H,4,13H2,1-3H3,(H,19,20)/t15-/m0/s1. The van der Waals surface area contributed by atoms with Crippen LogP contribution in [0.5, 0.6) is 5.75 Å². The first-order chi connectivity index (χ1) is 11.1. The third-order valence-corrected chi connectivity index (χ3v) is 3.43. The molecule has 0 fully saturated rings. The average Bonchev–Trinajstić information content (AvgIpc) is 2.59. The van der Waals surface area contributed by atoms with Gasteiger partial charge in [0.25, 0.3) is 5.91 Å². The van der Waals surface area contributed by atoms with Gasteiger partial charge >= 0.3 is 0 Å². The summed E-state index contributed by atoms with van der Waals surface area (Å²) >= 11 is 0. The Bertz CT molecular complexity index is 612. The summed E-state index contributed by atoms with van der Waals surface area (Å²) in [4.78, 5) is 17.6. The van der Waals surface area contributed by atoms with Crippen LogP contribution in [-0.4, -0.2) is 42.5 Å². The van der Waals surface area contributed by atoms with E-state index in [0.29, 0.717) is 12.1 Å². The van der Waals surface area contributed by atoms with E-state index in [0.717, 1.165) is 18.0 Å². The van der Waals surface area contributed by atoms with Gasteiger partial charge in [-0.15, -0.1) is 0 Å². The summed E-state index contributed by atoms with van der Waals surface area (Å²) in [5.74, 6) is 1.54. The monoisotopic (exact) mass is 313 g/mol. The maximum absolute atomic E-state index is 11.8. The molecule has 0 aliphatic carbocycles. The predicted octanol–water partition coefficient (Wildman–Crippen LogP) is 3.05. The number of nitrogens with one attached hydrogen (secondary N) is 1. The second-order valence-electron chi connectivity index (χ2n) is 5.47. The van der Waals surface area contributed by atoms with Gasteiger partial charge in [0, 0.05) is 20.3 Å². The SMILES string of the molecule is CC[C@@H](CNc1ccc(C(=O)N(C)C)cn1)Oc1ccccc1. The van der Waals surface area contributed by atoms with Crippen LogP contribution in [-0.2, 0) is 0 Å². The Balaban J connectivity index is 1.90. The summed E-state index contributed by atoms with van der Waals surface area (Å²) in [5.41, 5.74) is 0.577. The van der Waals surface area contributed by atoms with Crippen LogP contribution in [0.1, 0.15) is 23.7 Å². The Kier molecular flexibility index (Phi) is 5.97. The number of anilines is 1.